The Morgan fingerprint density at radius 3 is 2.53 bits per heavy atom. The van der Waals surface area contributed by atoms with Crippen molar-refractivity contribution < 1.29 is 14.7 Å². The second-order valence-electron chi connectivity index (χ2n) is 4.76. The minimum atomic E-state index is -1.25. The van der Waals surface area contributed by atoms with E-state index < -0.39 is 11.5 Å². The summed E-state index contributed by atoms with van der Waals surface area (Å²) < 4.78 is 0. The molecule has 1 aromatic rings. The molecule has 1 rings (SSSR count). The fourth-order valence-corrected chi connectivity index (χ4v) is 1.36. The number of nitrogen functional groups attached to an aromatic ring is 1. The Labute approximate surface area is 112 Å². The SMILES string of the molecule is CN(C(=O)/C=C/c1cccc(N)c1)C(C)(C)C(=O)O. The number of benzene rings is 1. The molecule has 0 atom stereocenters. The smallest absolute Gasteiger partial charge is 0.329 e. The van der Waals surface area contributed by atoms with Crippen LogP contribution in [0.1, 0.15) is 19.4 Å². The average Bonchev–Trinajstić information content (AvgIpc) is 2.34. The van der Waals surface area contributed by atoms with Gasteiger partial charge in [0.1, 0.15) is 5.54 Å². The average molecular weight is 262 g/mol. The van der Waals surface area contributed by atoms with Crippen LogP contribution in [-0.2, 0) is 9.59 Å². The maximum atomic E-state index is 11.9. The number of hydrogen-bond acceptors (Lipinski definition) is 3. The van der Waals surface area contributed by atoms with Crippen LogP contribution in [0.4, 0.5) is 5.69 Å². The van der Waals surface area contributed by atoms with Gasteiger partial charge < -0.3 is 15.7 Å². The van der Waals surface area contributed by atoms with E-state index in [0.29, 0.717) is 5.69 Å². The van der Waals surface area contributed by atoms with Crippen molar-refractivity contribution in [2.24, 2.45) is 0 Å². The molecule has 102 valence electrons. The predicted molar refractivity (Wildman–Crippen MR) is 74.4 cm³/mol. The van der Waals surface area contributed by atoms with Crippen LogP contribution in [0.3, 0.4) is 0 Å². The van der Waals surface area contributed by atoms with Crippen molar-refractivity contribution in [3.05, 3.63) is 35.9 Å². The molecule has 0 aliphatic rings. The van der Waals surface area contributed by atoms with Gasteiger partial charge in [-0.2, -0.15) is 0 Å². The van der Waals surface area contributed by atoms with E-state index in [2.05, 4.69) is 0 Å². The third-order valence-electron chi connectivity index (χ3n) is 3.02. The summed E-state index contributed by atoms with van der Waals surface area (Å²) in [7, 11) is 1.46. The molecule has 19 heavy (non-hydrogen) atoms. The minimum absolute atomic E-state index is 0.380. The first-order valence-corrected chi connectivity index (χ1v) is 5.80. The summed E-state index contributed by atoms with van der Waals surface area (Å²) in [5.74, 6) is -1.43. The number of carbonyl (C=O) groups excluding carboxylic acids is 1. The first-order valence-electron chi connectivity index (χ1n) is 5.80. The molecule has 0 aromatic heterocycles. The molecule has 0 radical (unpaired) electrons. The highest BCUT2D eigenvalue weighted by Gasteiger charge is 2.34. The number of hydrogen-bond donors (Lipinski definition) is 2. The van der Waals surface area contributed by atoms with E-state index in [1.807, 2.05) is 6.07 Å². The van der Waals surface area contributed by atoms with E-state index in [1.165, 1.54) is 31.9 Å². The number of anilines is 1. The molecule has 0 fully saturated rings. The van der Waals surface area contributed by atoms with Crippen LogP contribution < -0.4 is 5.73 Å². The Morgan fingerprint density at radius 2 is 2.00 bits per heavy atom. The van der Waals surface area contributed by atoms with Crippen LogP contribution in [0, 0.1) is 0 Å². The highest BCUT2D eigenvalue weighted by atomic mass is 16.4. The van der Waals surface area contributed by atoms with Gasteiger partial charge in [0.2, 0.25) is 5.91 Å². The van der Waals surface area contributed by atoms with Crippen LogP contribution in [0.5, 0.6) is 0 Å². The monoisotopic (exact) mass is 262 g/mol. The zero-order valence-electron chi connectivity index (χ0n) is 11.3. The van der Waals surface area contributed by atoms with Gasteiger partial charge in [-0.1, -0.05) is 12.1 Å². The molecule has 1 amide bonds. The van der Waals surface area contributed by atoms with Crippen molar-refractivity contribution in [2.45, 2.75) is 19.4 Å². The van der Waals surface area contributed by atoms with Gasteiger partial charge in [-0.3, -0.25) is 4.79 Å². The maximum Gasteiger partial charge on any atom is 0.329 e. The van der Waals surface area contributed by atoms with Crippen molar-refractivity contribution in [1.29, 1.82) is 0 Å². The van der Waals surface area contributed by atoms with Gasteiger partial charge in [-0.05, 0) is 37.6 Å². The summed E-state index contributed by atoms with van der Waals surface area (Å²) >= 11 is 0. The number of nitrogens with two attached hydrogens (primary N) is 1. The fraction of sp³-hybridized carbons (Fsp3) is 0.286. The third-order valence-corrected chi connectivity index (χ3v) is 3.02. The summed E-state index contributed by atoms with van der Waals surface area (Å²) in [4.78, 5) is 24.1. The summed E-state index contributed by atoms with van der Waals surface area (Å²) in [6.07, 6.45) is 2.94. The van der Waals surface area contributed by atoms with Crippen LogP contribution in [0.2, 0.25) is 0 Å². The molecule has 0 saturated carbocycles. The van der Waals surface area contributed by atoms with Gasteiger partial charge >= 0.3 is 5.97 Å². The molecule has 5 heteroatoms. The lowest BCUT2D eigenvalue weighted by Gasteiger charge is -2.30. The molecule has 0 unspecified atom stereocenters. The number of aliphatic carboxylic acids is 1. The van der Waals surface area contributed by atoms with Crippen LogP contribution >= 0.6 is 0 Å². The molecule has 3 N–H and O–H groups in total. The summed E-state index contributed by atoms with van der Waals surface area (Å²) in [5, 5.41) is 9.05. The topological polar surface area (TPSA) is 83.6 Å². The molecule has 0 spiro atoms. The molecule has 5 nitrogen and oxygen atoms in total. The van der Waals surface area contributed by atoms with E-state index in [9.17, 15) is 9.59 Å². The molecule has 0 heterocycles. The normalized spacial score (nSPS) is 11.5. The summed E-state index contributed by atoms with van der Waals surface area (Å²) in [6.45, 7) is 2.95. The van der Waals surface area contributed by atoms with Crippen molar-refractivity contribution in [3.8, 4) is 0 Å². The maximum absolute atomic E-state index is 11.9. The number of nitrogens with zero attached hydrogens (tertiary/aromatic N) is 1. The number of amides is 1. The Bertz CT molecular complexity index is 521. The fourth-order valence-electron chi connectivity index (χ4n) is 1.36. The Hall–Kier alpha value is -2.30. The highest BCUT2D eigenvalue weighted by molar-refractivity contribution is 5.95. The Balaban J connectivity index is 2.83. The molecule has 0 aliphatic heterocycles. The number of likely N-dealkylation sites (N-methyl/N-ethyl adjacent to an activating group) is 1. The molecule has 1 aromatic carbocycles. The van der Waals surface area contributed by atoms with Gasteiger partial charge in [-0.15, -0.1) is 0 Å². The van der Waals surface area contributed by atoms with E-state index in [1.54, 1.807) is 24.3 Å². The number of rotatable bonds is 4. The quantitative estimate of drug-likeness (QED) is 0.637. The third kappa shape index (κ3) is 3.58. The zero-order valence-corrected chi connectivity index (χ0v) is 11.3. The van der Waals surface area contributed by atoms with Gasteiger partial charge in [0.05, 0.1) is 0 Å². The Morgan fingerprint density at radius 1 is 1.37 bits per heavy atom. The number of carboxylic acids is 1. The van der Waals surface area contributed by atoms with Crippen molar-refractivity contribution >= 4 is 23.6 Å². The largest absolute Gasteiger partial charge is 0.480 e. The lowest BCUT2D eigenvalue weighted by molar-refractivity contribution is -0.153. The van der Waals surface area contributed by atoms with E-state index in [0.717, 1.165) is 5.56 Å². The standard InChI is InChI=1S/C14H18N2O3/c1-14(2,13(18)19)16(3)12(17)8-7-10-5-4-6-11(15)9-10/h4-9H,15H2,1-3H3,(H,18,19)/b8-7+. The van der Waals surface area contributed by atoms with Crippen molar-refractivity contribution in [3.63, 3.8) is 0 Å². The predicted octanol–water partition coefficient (Wildman–Crippen LogP) is 1.60. The first kappa shape index (κ1) is 14.8. The van der Waals surface area contributed by atoms with E-state index in [-0.39, 0.29) is 5.91 Å². The number of carbonyl (C=O) groups is 2. The van der Waals surface area contributed by atoms with Crippen molar-refractivity contribution in [1.82, 2.24) is 4.90 Å². The molecular formula is C14H18N2O3. The van der Waals surface area contributed by atoms with E-state index in [4.69, 9.17) is 10.8 Å². The molecule has 0 bridgehead atoms. The number of carboxylic acid groups (broad SMARTS) is 1. The van der Waals surface area contributed by atoms with Crippen molar-refractivity contribution in [2.75, 3.05) is 12.8 Å². The van der Waals surface area contributed by atoms with Gasteiger partial charge in [0.25, 0.3) is 0 Å². The second-order valence-corrected chi connectivity index (χ2v) is 4.76. The lowest BCUT2D eigenvalue weighted by Crippen LogP contribution is -2.50. The van der Waals surface area contributed by atoms with Gasteiger partial charge in [-0.25, -0.2) is 4.79 Å². The van der Waals surface area contributed by atoms with Gasteiger partial charge in [0.15, 0.2) is 0 Å². The van der Waals surface area contributed by atoms with Crippen LogP contribution in [-0.4, -0.2) is 34.5 Å². The van der Waals surface area contributed by atoms with E-state index >= 15 is 0 Å². The summed E-state index contributed by atoms with van der Waals surface area (Å²) in [6, 6.07) is 7.07. The highest BCUT2D eigenvalue weighted by Crippen LogP contribution is 2.14. The molecular weight excluding hydrogens is 244 g/mol. The van der Waals surface area contributed by atoms with Crippen LogP contribution in [0.15, 0.2) is 30.3 Å². The zero-order chi connectivity index (χ0) is 14.6. The lowest BCUT2D eigenvalue weighted by atomic mass is 10.0. The first-order chi connectivity index (χ1) is 8.75. The Kier molecular flexibility index (Phi) is 4.32. The molecule has 0 saturated heterocycles. The second kappa shape index (κ2) is 5.56. The van der Waals surface area contributed by atoms with Crippen LogP contribution in [0.25, 0.3) is 6.08 Å². The minimum Gasteiger partial charge on any atom is -0.480 e. The molecule has 0 aliphatic carbocycles. The van der Waals surface area contributed by atoms with Gasteiger partial charge in [0, 0.05) is 18.8 Å². The summed E-state index contributed by atoms with van der Waals surface area (Å²) in [5.41, 5.74) is 5.77.